The van der Waals surface area contributed by atoms with Crippen LogP contribution in [-0.4, -0.2) is 36.1 Å². The number of anilines is 2. The van der Waals surface area contributed by atoms with Gasteiger partial charge in [0.25, 0.3) is 0 Å². The van der Waals surface area contributed by atoms with Gasteiger partial charge < -0.3 is 14.9 Å². The summed E-state index contributed by atoms with van der Waals surface area (Å²) in [5.74, 6) is -1.25. The number of carboxylic acid groups (broad SMARTS) is 1. The molecule has 1 atom stereocenters. The van der Waals surface area contributed by atoms with Crippen LogP contribution < -0.4 is 9.80 Å². The molecule has 4 rings (SSSR count). The molecule has 1 N–H and O–H groups in total. The van der Waals surface area contributed by atoms with E-state index >= 15 is 0 Å². The Morgan fingerprint density at radius 1 is 1.00 bits per heavy atom. The number of rotatable bonds is 8. The minimum absolute atomic E-state index is 0.0794. The minimum Gasteiger partial charge on any atom is -0.478 e. The summed E-state index contributed by atoms with van der Waals surface area (Å²) < 4.78 is 9.07. The Morgan fingerprint density at radius 2 is 1.72 bits per heavy atom. The Hall–Kier alpha value is -3.93. The molecule has 1 saturated carbocycles. The largest absolute Gasteiger partial charge is 0.478 e. The molecule has 0 saturated heterocycles. The first-order chi connectivity index (χ1) is 17.8. The van der Waals surface area contributed by atoms with E-state index in [0.717, 1.165) is 55.0 Å². The van der Waals surface area contributed by atoms with Gasteiger partial charge in [-0.3, -0.25) is 9.78 Å². The first-order valence-corrected chi connectivity index (χ1v) is 12.3. The van der Waals surface area contributed by atoms with Crippen molar-refractivity contribution in [1.29, 1.82) is 0 Å². The first-order valence-electron chi connectivity index (χ1n) is 12.9. The predicted octanol–water partition coefficient (Wildman–Crippen LogP) is 6.03. The molecule has 1 amide bonds. The lowest BCUT2D eigenvalue weighted by molar-refractivity contribution is -0.131. The van der Waals surface area contributed by atoms with Crippen LogP contribution in [0, 0.1) is 5.92 Å². The summed E-state index contributed by atoms with van der Waals surface area (Å²) in [5, 5.41) is 9.00. The smallest absolute Gasteiger partial charge is 0.328 e. The average molecular weight is 485 g/mol. The van der Waals surface area contributed by atoms with E-state index in [1.807, 2.05) is 55.4 Å². The van der Waals surface area contributed by atoms with E-state index in [0.29, 0.717) is 16.9 Å². The van der Waals surface area contributed by atoms with Gasteiger partial charge in [0, 0.05) is 49.2 Å². The number of benzene rings is 2. The van der Waals surface area contributed by atoms with Crippen molar-refractivity contribution in [2.75, 3.05) is 23.9 Å². The predicted molar refractivity (Wildman–Crippen MR) is 145 cm³/mol. The highest BCUT2D eigenvalue weighted by Gasteiger charge is 2.27. The van der Waals surface area contributed by atoms with Gasteiger partial charge in [-0.05, 0) is 60.4 Å². The number of hydrogen-bond donors (Lipinski definition) is 1. The number of carbonyl (C=O) groups excluding carboxylic acids is 1. The van der Waals surface area contributed by atoms with Crippen molar-refractivity contribution in [2.24, 2.45) is 5.92 Å². The third kappa shape index (κ3) is 6.39. The molecular weight excluding hydrogens is 450 g/mol. The highest BCUT2D eigenvalue weighted by atomic mass is 16.4. The van der Waals surface area contributed by atoms with Crippen molar-refractivity contribution in [3.05, 3.63) is 84.2 Å². The molecule has 6 nitrogen and oxygen atoms in total. The highest BCUT2D eigenvalue weighted by Crippen LogP contribution is 2.29. The Morgan fingerprint density at radius 3 is 2.36 bits per heavy atom. The lowest BCUT2D eigenvalue weighted by Gasteiger charge is -2.29. The van der Waals surface area contributed by atoms with Crippen molar-refractivity contribution in [2.45, 2.75) is 38.6 Å². The molecular formula is C30H33N3O3. The van der Waals surface area contributed by atoms with Crippen LogP contribution in [0.25, 0.3) is 17.2 Å². The number of pyridine rings is 1. The number of carboxylic acids is 1. The molecule has 0 aliphatic heterocycles. The van der Waals surface area contributed by atoms with Crippen LogP contribution in [-0.2, 0) is 16.1 Å². The maximum atomic E-state index is 13.7. The van der Waals surface area contributed by atoms with E-state index in [9.17, 15) is 9.59 Å². The van der Waals surface area contributed by atoms with Crippen LogP contribution in [0.15, 0.2) is 72.9 Å². The Balaban J connectivity index is 1.64. The fourth-order valence-corrected chi connectivity index (χ4v) is 4.49. The molecule has 1 unspecified atom stereocenters. The van der Waals surface area contributed by atoms with E-state index in [1.54, 1.807) is 30.5 Å². The zero-order valence-electron chi connectivity index (χ0n) is 21.8. The molecule has 1 heterocycles. The summed E-state index contributed by atoms with van der Waals surface area (Å²) in [6.07, 6.45) is 9.07. The normalized spacial score (nSPS) is 15.3. The van der Waals surface area contributed by atoms with Crippen LogP contribution in [0.1, 0.15) is 44.7 Å². The van der Waals surface area contributed by atoms with E-state index < -0.39 is 12.5 Å². The second-order valence-electron chi connectivity index (χ2n) is 9.35. The van der Waals surface area contributed by atoms with Crippen molar-refractivity contribution >= 4 is 29.3 Å². The van der Waals surface area contributed by atoms with Crippen molar-refractivity contribution in [1.82, 2.24) is 4.98 Å². The molecule has 1 aliphatic carbocycles. The molecule has 1 aliphatic rings. The monoisotopic (exact) mass is 484 g/mol. The molecule has 6 heteroatoms. The van der Waals surface area contributed by atoms with Gasteiger partial charge in [0.15, 0.2) is 0 Å². The molecule has 0 radical (unpaired) electrons. The summed E-state index contributed by atoms with van der Waals surface area (Å²) in [5.41, 5.74) is 4.76. The van der Waals surface area contributed by atoms with Gasteiger partial charge in [-0.1, -0.05) is 49.6 Å². The highest BCUT2D eigenvalue weighted by molar-refractivity contribution is 5.95. The third-order valence-corrected chi connectivity index (χ3v) is 6.52. The van der Waals surface area contributed by atoms with E-state index in [2.05, 4.69) is 4.98 Å². The fourth-order valence-electron chi connectivity index (χ4n) is 4.49. The van der Waals surface area contributed by atoms with Gasteiger partial charge in [-0.25, -0.2) is 4.79 Å². The molecule has 3 aromatic rings. The first kappa shape index (κ1) is 23.8. The lowest BCUT2D eigenvalue weighted by atomic mass is 9.88. The maximum absolute atomic E-state index is 13.7. The average Bonchev–Trinajstić information content (AvgIpc) is 2.93. The van der Waals surface area contributed by atoms with Crippen molar-refractivity contribution < 1.29 is 16.1 Å². The van der Waals surface area contributed by atoms with Gasteiger partial charge in [-0.2, -0.15) is 0 Å². The summed E-state index contributed by atoms with van der Waals surface area (Å²) in [6.45, 7) is -1.03. The Labute approximate surface area is 214 Å². The summed E-state index contributed by atoms with van der Waals surface area (Å²) in [6, 6.07) is 19.0. The minimum atomic E-state index is -1.04. The third-order valence-electron chi connectivity index (χ3n) is 6.52. The number of hydrogen-bond acceptors (Lipinski definition) is 4. The summed E-state index contributed by atoms with van der Waals surface area (Å²) in [7, 11) is 4.00. The second-order valence-corrected chi connectivity index (χ2v) is 9.35. The zero-order chi connectivity index (χ0) is 26.4. The standard InChI is InChI=1S/C30H33N3O3/c1-32(2)27-16-13-23(14-17-27)25-12-15-26(31-20-25)21-33(30(36)24-8-4-3-5-9-24)28-10-6-7-22(19-28)11-18-29(34)35/h6-7,10-20,24H,3-5,8-9,21H2,1-2H3,(H,34,35)/b18-11+/i21D. The van der Waals surface area contributed by atoms with Crippen LogP contribution in [0.2, 0.25) is 0 Å². The quantitative estimate of drug-likeness (QED) is 0.396. The fraction of sp³-hybridized carbons (Fsp3) is 0.300. The number of aliphatic carboxylic acids is 1. The number of amides is 1. The number of nitrogens with zero attached hydrogens (tertiary/aromatic N) is 3. The number of carbonyl (C=O) groups is 2. The van der Waals surface area contributed by atoms with Crippen LogP contribution in [0.4, 0.5) is 11.4 Å². The number of aromatic nitrogens is 1. The lowest BCUT2D eigenvalue weighted by Crippen LogP contribution is -2.37. The van der Waals surface area contributed by atoms with Gasteiger partial charge in [-0.15, -0.1) is 0 Å². The zero-order valence-corrected chi connectivity index (χ0v) is 20.8. The molecule has 2 aromatic carbocycles. The van der Waals surface area contributed by atoms with Gasteiger partial charge in [0.1, 0.15) is 0 Å². The molecule has 36 heavy (non-hydrogen) atoms. The maximum Gasteiger partial charge on any atom is 0.328 e. The van der Waals surface area contributed by atoms with Gasteiger partial charge >= 0.3 is 5.97 Å². The van der Waals surface area contributed by atoms with E-state index in [-0.39, 0.29) is 11.8 Å². The van der Waals surface area contributed by atoms with Crippen molar-refractivity contribution in [3.63, 3.8) is 0 Å². The topological polar surface area (TPSA) is 73.7 Å². The summed E-state index contributed by atoms with van der Waals surface area (Å²) in [4.78, 5) is 32.9. The van der Waals surface area contributed by atoms with E-state index in [1.165, 1.54) is 11.0 Å². The Kier molecular flexibility index (Phi) is 7.71. The Bertz CT molecular complexity index is 1250. The summed E-state index contributed by atoms with van der Waals surface area (Å²) >= 11 is 0. The molecule has 0 spiro atoms. The van der Waals surface area contributed by atoms with Crippen LogP contribution in [0.5, 0.6) is 0 Å². The van der Waals surface area contributed by atoms with E-state index in [4.69, 9.17) is 6.48 Å². The van der Waals surface area contributed by atoms with Crippen LogP contribution in [0.3, 0.4) is 0 Å². The molecule has 1 aromatic heterocycles. The van der Waals surface area contributed by atoms with Crippen molar-refractivity contribution in [3.8, 4) is 11.1 Å². The van der Waals surface area contributed by atoms with Gasteiger partial charge in [0.2, 0.25) is 5.91 Å². The van der Waals surface area contributed by atoms with Gasteiger partial charge in [0.05, 0.1) is 13.6 Å². The molecule has 186 valence electrons. The van der Waals surface area contributed by atoms with Crippen LogP contribution >= 0.6 is 0 Å². The molecule has 0 bridgehead atoms. The molecule has 1 fully saturated rings. The second kappa shape index (κ2) is 11.7. The SMILES string of the molecule is [2H]C(c1ccc(-c2ccc(N(C)C)cc2)cn1)N(C(=O)C1CCCCC1)c1cccc(/C=C/C(=O)O)c1.